The van der Waals surface area contributed by atoms with Crippen LogP contribution in [0.5, 0.6) is 11.5 Å². The first kappa shape index (κ1) is 23.2. The molecule has 0 radical (unpaired) electrons. The fraction of sp³-hybridized carbons (Fsp3) is 0.333. The van der Waals surface area contributed by atoms with E-state index in [-0.39, 0.29) is 18.0 Å². The number of hydrogen-bond acceptors (Lipinski definition) is 10. The fourth-order valence-electron chi connectivity index (χ4n) is 4.10. The number of thioether (sulfide) groups is 1. The average molecular weight is 495 g/mol. The highest BCUT2D eigenvalue weighted by atomic mass is 32.2. The number of aryl methyl sites for hydroxylation is 2. The minimum absolute atomic E-state index is 0.0887. The van der Waals surface area contributed by atoms with Crippen molar-refractivity contribution in [3.63, 3.8) is 0 Å². The van der Waals surface area contributed by atoms with Crippen molar-refractivity contribution in [2.75, 3.05) is 14.2 Å². The van der Waals surface area contributed by atoms with Crippen molar-refractivity contribution >= 4 is 22.8 Å². The summed E-state index contributed by atoms with van der Waals surface area (Å²) in [6, 6.07) is 11.3. The maximum Gasteiger partial charge on any atom is 0.264 e. The van der Waals surface area contributed by atoms with Gasteiger partial charge in [-0.15, -0.1) is 5.10 Å². The Hall–Kier alpha value is -3.57. The molecule has 0 aliphatic carbocycles. The van der Waals surface area contributed by atoms with Crippen LogP contribution < -0.4 is 20.3 Å². The molecule has 3 heterocycles. The van der Waals surface area contributed by atoms with Gasteiger partial charge in [-0.05, 0) is 55.2 Å². The summed E-state index contributed by atoms with van der Waals surface area (Å²) in [7, 11) is 3.20. The van der Waals surface area contributed by atoms with Gasteiger partial charge >= 0.3 is 0 Å². The van der Waals surface area contributed by atoms with Gasteiger partial charge in [0.25, 0.3) is 5.91 Å². The van der Waals surface area contributed by atoms with Crippen LogP contribution in [0.3, 0.4) is 0 Å². The lowest BCUT2D eigenvalue weighted by Crippen LogP contribution is -2.52. The predicted molar refractivity (Wildman–Crippen MR) is 132 cm³/mol. The molecule has 1 fully saturated rings. The number of hydrogen-bond donors (Lipinski definition) is 2. The Morgan fingerprint density at radius 3 is 2.71 bits per heavy atom. The van der Waals surface area contributed by atoms with E-state index in [9.17, 15) is 4.79 Å². The minimum atomic E-state index is -0.387. The Kier molecular flexibility index (Phi) is 6.35. The molecule has 1 saturated heterocycles. The maximum atomic E-state index is 12.5. The summed E-state index contributed by atoms with van der Waals surface area (Å²) in [5, 5.41) is 10.8. The van der Waals surface area contributed by atoms with E-state index in [0.29, 0.717) is 40.6 Å². The average Bonchev–Trinajstić information content (AvgIpc) is 3.53. The van der Waals surface area contributed by atoms with Crippen molar-refractivity contribution in [1.29, 1.82) is 0 Å². The third kappa shape index (κ3) is 4.56. The monoisotopic (exact) mass is 494 g/mol. The van der Waals surface area contributed by atoms with Crippen LogP contribution >= 0.6 is 11.8 Å². The van der Waals surface area contributed by atoms with E-state index in [2.05, 4.69) is 39.9 Å². The van der Waals surface area contributed by atoms with Crippen molar-refractivity contribution in [3.05, 3.63) is 59.0 Å². The smallest absolute Gasteiger partial charge is 0.264 e. The number of fused-ring (bicyclic) bond motifs is 1. The van der Waals surface area contributed by atoms with Gasteiger partial charge in [0.2, 0.25) is 11.7 Å². The van der Waals surface area contributed by atoms with E-state index in [1.807, 2.05) is 41.4 Å². The molecule has 2 aromatic carbocycles. The summed E-state index contributed by atoms with van der Waals surface area (Å²) in [6.07, 6.45) is 0.582. The van der Waals surface area contributed by atoms with Crippen molar-refractivity contribution in [2.45, 2.75) is 38.1 Å². The molecule has 3 aromatic rings. The highest BCUT2D eigenvalue weighted by Crippen LogP contribution is 2.36. The lowest BCUT2D eigenvalue weighted by atomic mass is 10.0. The summed E-state index contributed by atoms with van der Waals surface area (Å²) < 4.78 is 16.2. The molecule has 10 nitrogen and oxygen atoms in total. The normalized spacial score (nSPS) is 19.3. The van der Waals surface area contributed by atoms with Crippen LogP contribution in [0.2, 0.25) is 0 Å². The van der Waals surface area contributed by atoms with E-state index in [1.54, 1.807) is 14.2 Å². The second kappa shape index (κ2) is 9.59. The molecule has 2 aliphatic heterocycles. The molecule has 5 rings (SSSR count). The molecule has 2 aliphatic rings. The zero-order chi connectivity index (χ0) is 24.5. The summed E-state index contributed by atoms with van der Waals surface area (Å²) in [6.45, 7) is 4.12. The first-order valence-corrected chi connectivity index (χ1v) is 12.1. The minimum Gasteiger partial charge on any atom is -0.493 e. The Bertz CT molecular complexity index is 1290. The fourth-order valence-corrected chi connectivity index (χ4v) is 4.90. The van der Waals surface area contributed by atoms with Gasteiger partial charge in [-0.3, -0.25) is 9.80 Å². The van der Waals surface area contributed by atoms with Crippen LogP contribution in [0.25, 0.3) is 11.4 Å². The summed E-state index contributed by atoms with van der Waals surface area (Å²) in [5.74, 6) is 2.59. The Morgan fingerprint density at radius 2 is 1.94 bits per heavy atom. The zero-order valence-corrected chi connectivity index (χ0v) is 20.7. The molecule has 0 bridgehead atoms. The molecule has 0 spiro atoms. The standard InChI is InChI=1S/C24H26N6O4S/c1-13-5-6-16(9-14(13)2)22-25-21(34-29-22)12-35-24-27-26-23(31)18-11-17(28-30(18)24)15-7-8-19(32-3)20(10-15)33-4/h5-10,17-18,28H,11-12H2,1-4H3,(H,26,31). The number of carbonyl (C=O) groups is 1. The number of hydrazine groups is 1. The van der Waals surface area contributed by atoms with Crippen LogP contribution in [0.4, 0.5) is 0 Å². The molecule has 1 amide bonds. The molecule has 2 atom stereocenters. The molecular weight excluding hydrogens is 468 g/mol. The third-order valence-electron chi connectivity index (χ3n) is 6.20. The lowest BCUT2D eigenvalue weighted by molar-refractivity contribution is -0.125. The van der Waals surface area contributed by atoms with E-state index in [1.165, 1.54) is 22.9 Å². The maximum absolute atomic E-state index is 12.5. The van der Waals surface area contributed by atoms with Gasteiger partial charge in [-0.1, -0.05) is 35.1 Å². The van der Waals surface area contributed by atoms with Crippen molar-refractivity contribution in [3.8, 4) is 22.9 Å². The molecule has 1 aromatic heterocycles. The van der Waals surface area contributed by atoms with Gasteiger partial charge in [0, 0.05) is 5.56 Å². The molecule has 35 heavy (non-hydrogen) atoms. The second-order valence-electron chi connectivity index (χ2n) is 8.39. The largest absolute Gasteiger partial charge is 0.493 e. The highest BCUT2D eigenvalue weighted by molar-refractivity contribution is 8.13. The first-order valence-electron chi connectivity index (χ1n) is 11.1. The van der Waals surface area contributed by atoms with E-state index < -0.39 is 0 Å². The Morgan fingerprint density at radius 1 is 1.11 bits per heavy atom. The number of ether oxygens (including phenoxy) is 2. The Labute approximate surface area is 207 Å². The number of benzene rings is 2. The molecule has 11 heteroatoms. The number of methoxy groups -OCH3 is 2. The van der Waals surface area contributed by atoms with Gasteiger partial charge < -0.3 is 14.0 Å². The number of nitrogens with one attached hydrogen (secondary N) is 2. The van der Waals surface area contributed by atoms with Gasteiger partial charge in [-0.2, -0.15) is 4.98 Å². The van der Waals surface area contributed by atoms with E-state index in [4.69, 9.17) is 14.0 Å². The van der Waals surface area contributed by atoms with Gasteiger partial charge in [-0.25, -0.2) is 10.9 Å². The number of amides is 1. The van der Waals surface area contributed by atoms with Crippen molar-refractivity contribution in [2.24, 2.45) is 5.10 Å². The zero-order valence-electron chi connectivity index (χ0n) is 19.9. The first-order chi connectivity index (χ1) is 17.0. The summed E-state index contributed by atoms with van der Waals surface area (Å²) >= 11 is 1.41. The quantitative estimate of drug-likeness (QED) is 0.533. The number of hydrazone groups is 1. The number of aromatic nitrogens is 2. The molecule has 2 unspecified atom stereocenters. The van der Waals surface area contributed by atoms with Crippen molar-refractivity contribution in [1.82, 2.24) is 26.0 Å². The molecule has 0 saturated carbocycles. The van der Waals surface area contributed by atoms with Gasteiger partial charge in [0.05, 0.1) is 26.0 Å². The van der Waals surface area contributed by atoms with Gasteiger partial charge in [0.15, 0.2) is 16.7 Å². The van der Waals surface area contributed by atoms with Crippen LogP contribution in [0.1, 0.15) is 35.0 Å². The lowest BCUT2D eigenvalue weighted by Gasteiger charge is -2.29. The summed E-state index contributed by atoms with van der Waals surface area (Å²) in [4.78, 5) is 17.0. The topological polar surface area (TPSA) is 114 Å². The highest BCUT2D eigenvalue weighted by Gasteiger charge is 2.42. The number of rotatable bonds is 6. The molecule has 182 valence electrons. The molecule has 2 N–H and O–H groups in total. The van der Waals surface area contributed by atoms with Crippen LogP contribution in [-0.4, -0.2) is 46.5 Å². The van der Waals surface area contributed by atoms with Crippen LogP contribution in [-0.2, 0) is 10.5 Å². The van der Waals surface area contributed by atoms with Gasteiger partial charge in [0.1, 0.15) is 6.04 Å². The summed E-state index contributed by atoms with van der Waals surface area (Å²) in [5.41, 5.74) is 10.3. The number of amidine groups is 1. The SMILES string of the molecule is COc1ccc(C2CC3C(=O)NN=C(SCc4nc(-c5ccc(C)c(C)c5)no4)N3N2)cc1OC. The predicted octanol–water partition coefficient (Wildman–Crippen LogP) is 3.32. The Balaban J connectivity index is 1.28. The number of nitrogens with zero attached hydrogens (tertiary/aromatic N) is 4. The van der Waals surface area contributed by atoms with Crippen molar-refractivity contribution < 1.29 is 18.8 Å². The second-order valence-corrected chi connectivity index (χ2v) is 9.33. The van der Waals surface area contributed by atoms with Crippen LogP contribution in [0.15, 0.2) is 46.0 Å². The number of carbonyl (C=O) groups excluding carboxylic acids is 1. The third-order valence-corrected chi connectivity index (χ3v) is 7.14. The van der Waals surface area contributed by atoms with E-state index >= 15 is 0 Å². The molecular formula is C24H26N6O4S. The van der Waals surface area contributed by atoms with E-state index in [0.717, 1.165) is 11.1 Å². The van der Waals surface area contributed by atoms with Crippen LogP contribution in [0, 0.1) is 13.8 Å².